The molecule has 0 saturated heterocycles. The van der Waals surface area contributed by atoms with E-state index in [0.29, 0.717) is 24.4 Å². The van der Waals surface area contributed by atoms with Gasteiger partial charge in [0, 0.05) is 34.6 Å². The first-order valence-electron chi connectivity index (χ1n) is 8.57. The number of hydrogen-bond donors (Lipinski definition) is 0. The fourth-order valence-electron chi connectivity index (χ4n) is 3.12. The van der Waals surface area contributed by atoms with Crippen molar-refractivity contribution in [3.63, 3.8) is 0 Å². The Kier molecular flexibility index (Phi) is 5.02. The Morgan fingerprint density at radius 3 is 2.71 bits per heavy atom. The molecule has 0 saturated carbocycles. The third-order valence-corrected chi connectivity index (χ3v) is 5.80. The first kappa shape index (κ1) is 18.5. The standard InChI is InChI=1S/C20H15ClN2O4S/c21-15-3-6-18(17(11-15)23(25)26)27-16-4-1-13(2-5-16)20(24)22-9-7-19-14(12-22)8-10-28-19/h1-6,8,10-11H,7,9,12H2. The molecule has 8 heteroatoms. The molecule has 6 nitrogen and oxygen atoms in total. The highest BCUT2D eigenvalue weighted by Gasteiger charge is 2.23. The molecule has 1 aromatic heterocycles. The number of halogens is 1. The molecule has 2 heterocycles. The van der Waals surface area contributed by atoms with Gasteiger partial charge >= 0.3 is 5.69 Å². The van der Waals surface area contributed by atoms with Gasteiger partial charge in [-0.2, -0.15) is 0 Å². The second-order valence-corrected chi connectivity index (χ2v) is 7.78. The zero-order valence-electron chi connectivity index (χ0n) is 14.6. The first-order valence-corrected chi connectivity index (χ1v) is 9.83. The Bertz CT molecular complexity index is 1050. The molecule has 0 bridgehead atoms. The van der Waals surface area contributed by atoms with Crippen molar-refractivity contribution in [2.75, 3.05) is 6.54 Å². The second-order valence-electron chi connectivity index (χ2n) is 6.34. The van der Waals surface area contributed by atoms with E-state index < -0.39 is 4.92 Å². The maximum atomic E-state index is 12.8. The van der Waals surface area contributed by atoms with E-state index in [1.807, 2.05) is 4.90 Å². The van der Waals surface area contributed by atoms with Crippen LogP contribution in [-0.4, -0.2) is 22.3 Å². The molecule has 0 N–H and O–H groups in total. The molecule has 4 rings (SSSR count). The van der Waals surface area contributed by atoms with Gasteiger partial charge in [0.1, 0.15) is 5.75 Å². The van der Waals surface area contributed by atoms with Crippen molar-refractivity contribution in [2.24, 2.45) is 0 Å². The summed E-state index contributed by atoms with van der Waals surface area (Å²) in [6.45, 7) is 1.31. The van der Waals surface area contributed by atoms with Gasteiger partial charge in [0.2, 0.25) is 5.75 Å². The van der Waals surface area contributed by atoms with E-state index in [9.17, 15) is 14.9 Å². The van der Waals surface area contributed by atoms with Gasteiger partial charge < -0.3 is 9.64 Å². The lowest BCUT2D eigenvalue weighted by molar-refractivity contribution is -0.385. The molecule has 0 fully saturated rings. The van der Waals surface area contributed by atoms with Crippen LogP contribution in [0.25, 0.3) is 0 Å². The number of nitro groups is 1. The lowest BCUT2D eigenvalue weighted by Crippen LogP contribution is -2.35. The Hall–Kier alpha value is -2.90. The van der Waals surface area contributed by atoms with E-state index in [4.69, 9.17) is 16.3 Å². The van der Waals surface area contributed by atoms with Crippen LogP contribution in [0.5, 0.6) is 11.5 Å². The summed E-state index contributed by atoms with van der Waals surface area (Å²) in [5.74, 6) is 0.455. The Morgan fingerprint density at radius 1 is 1.18 bits per heavy atom. The number of carbonyl (C=O) groups is 1. The Balaban J connectivity index is 1.49. The molecule has 1 amide bonds. The number of fused-ring (bicyclic) bond motifs is 1. The summed E-state index contributed by atoms with van der Waals surface area (Å²) in [5.41, 5.74) is 1.55. The molecular weight excluding hydrogens is 400 g/mol. The van der Waals surface area contributed by atoms with Gasteiger partial charge in [-0.3, -0.25) is 14.9 Å². The number of nitro benzene ring substituents is 1. The molecule has 0 spiro atoms. The van der Waals surface area contributed by atoms with Gasteiger partial charge in [0.15, 0.2) is 0 Å². The number of nitrogens with zero attached hydrogens (tertiary/aromatic N) is 2. The van der Waals surface area contributed by atoms with E-state index in [1.54, 1.807) is 35.6 Å². The maximum Gasteiger partial charge on any atom is 0.313 e. The monoisotopic (exact) mass is 414 g/mol. The number of hydrogen-bond acceptors (Lipinski definition) is 5. The van der Waals surface area contributed by atoms with Crippen LogP contribution < -0.4 is 4.74 Å². The lowest BCUT2D eigenvalue weighted by Gasteiger charge is -2.27. The summed E-state index contributed by atoms with van der Waals surface area (Å²) >= 11 is 7.55. The van der Waals surface area contributed by atoms with Crippen molar-refractivity contribution in [3.05, 3.63) is 85.1 Å². The summed E-state index contributed by atoms with van der Waals surface area (Å²) in [6, 6.07) is 12.9. The molecule has 3 aromatic rings. The van der Waals surface area contributed by atoms with Crippen LogP contribution >= 0.6 is 22.9 Å². The SMILES string of the molecule is O=C(c1ccc(Oc2ccc(Cl)cc2[N+](=O)[O-])cc1)N1CCc2sccc2C1. The predicted molar refractivity (Wildman–Crippen MR) is 107 cm³/mol. The molecule has 0 unspecified atom stereocenters. The van der Waals surface area contributed by atoms with Crippen LogP contribution in [0.15, 0.2) is 53.9 Å². The van der Waals surface area contributed by atoms with Crippen molar-refractivity contribution < 1.29 is 14.5 Å². The van der Waals surface area contributed by atoms with Crippen molar-refractivity contribution in [3.8, 4) is 11.5 Å². The number of thiophene rings is 1. The molecular formula is C20H15ClN2O4S. The van der Waals surface area contributed by atoms with E-state index in [-0.39, 0.29) is 22.4 Å². The summed E-state index contributed by atoms with van der Waals surface area (Å²) in [6.07, 6.45) is 0.875. The highest BCUT2D eigenvalue weighted by atomic mass is 35.5. The van der Waals surface area contributed by atoms with Gasteiger partial charge in [0.05, 0.1) is 4.92 Å². The summed E-state index contributed by atoms with van der Waals surface area (Å²) < 4.78 is 5.62. The zero-order chi connectivity index (χ0) is 19.7. The minimum Gasteiger partial charge on any atom is -0.450 e. The Morgan fingerprint density at radius 2 is 1.96 bits per heavy atom. The molecule has 0 radical (unpaired) electrons. The highest BCUT2D eigenvalue weighted by molar-refractivity contribution is 7.10. The quantitative estimate of drug-likeness (QED) is 0.429. The maximum absolute atomic E-state index is 12.8. The van der Waals surface area contributed by atoms with Crippen molar-refractivity contribution in [1.82, 2.24) is 4.90 Å². The fraction of sp³-hybridized carbons (Fsp3) is 0.150. The predicted octanol–water partition coefficient (Wildman–Crippen LogP) is 5.30. The van der Waals surface area contributed by atoms with Crippen LogP contribution in [0.3, 0.4) is 0 Å². The average molecular weight is 415 g/mol. The van der Waals surface area contributed by atoms with Gasteiger partial charge in [-0.05, 0) is 59.8 Å². The minimum atomic E-state index is -0.547. The van der Waals surface area contributed by atoms with Gasteiger partial charge in [0.25, 0.3) is 5.91 Å². The minimum absolute atomic E-state index is 0.0409. The van der Waals surface area contributed by atoms with E-state index >= 15 is 0 Å². The molecule has 2 aromatic carbocycles. The smallest absolute Gasteiger partial charge is 0.313 e. The Labute approximate surface area is 170 Å². The summed E-state index contributed by atoms with van der Waals surface area (Å²) in [7, 11) is 0. The number of benzene rings is 2. The first-order chi connectivity index (χ1) is 13.5. The number of carbonyl (C=O) groups excluding carboxylic acids is 1. The van der Waals surface area contributed by atoms with E-state index in [0.717, 1.165) is 6.42 Å². The van der Waals surface area contributed by atoms with Crippen molar-refractivity contribution in [1.29, 1.82) is 0 Å². The van der Waals surface area contributed by atoms with E-state index in [1.165, 1.54) is 28.6 Å². The summed E-state index contributed by atoms with van der Waals surface area (Å²) in [4.78, 5) is 26.6. The molecule has 1 aliphatic rings. The van der Waals surface area contributed by atoms with Gasteiger partial charge in [-0.15, -0.1) is 11.3 Å². The molecule has 28 heavy (non-hydrogen) atoms. The largest absolute Gasteiger partial charge is 0.450 e. The third-order valence-electron chi connectivity index (χ3n) is 4.54. The number of rotatable bonds is 4. The van der Waals surface area contributed by atoms with Crippen molar-refractivity contribution in [2.45, 2.75) is 13.0 Å². The number of ether oxygens (including phenoxy) is 1. The topological polar surface area (TPSA) is 72.7 Å². The van der Waals surface area contributed by atoms with Crippen LogP contribution in [-0.2, 0) is 13.0 Å². The second kappa shape index (κ2) is 7.61. The molecule has 0 atom stereocenters. The average Bonchev–Trinajstić information content (AvgIpc) is 3.17. The number of amides is 1. The zero-order valence-corrected chi connectivity index (χ0v) is 16.2. The summed E-state index contributed by atoms with van der Waals surface area (Å²) in [5, 5.41) is 13.5. The van der Waals surface area contributed by atoms with Crippen LogP contribution in [0, 0.1) is 10.1 Å². The van der Waals surface area contributed by atoms with Crippen LogP contribution in [0.1, 0.15) is 20.8 Å². The van der Waals surface area contributed by atoms with Gasteiger partial charge in [-0.25, -0.2) is 0 Å². The van der Waals surface area contributed by atoms with Crippen molar-refractivity contribution >= 4 is 34.5 Å². The van der Waals surface area contributed by atoms with Crippen LogP contribution in [0.4, 0.5) is 5.69 Å². The third kappa shape index (κ3) is 3.72. The van der Waals surface area contributed by atoms with E-state index in [2.05, 4.69) is 11.4 Å². The lowest BCUT2D eigenvalue weighted by atomic mass is 10.1. The normalized spacial score (nSPS) is 13.1. The fourth-order valence-corrected chi connectivity index (χ4v) is 4.17. The highest BCUT2D eigenvalue weighted by Crippen LogP contribution is 2.33. The van der Waals surface area contributed by atoms with Gasteiger partial charge in [-0.1, -0.05) is 11.6 Å². The molecule has 0 aliphatic carbocycles. The molecule has 142 valence electrons. The van der Waals surface area contributed by atoms with Crippen LogP contribution in [0.2, 0.25) is 5.02 Å². The molecule has 1 aliphatic heterocycles.